The molecule has 3 atom stereocenters. The van der Waals surface area contributed by atoms with Gasteiger partial charge in [-0.15, -0.1) is 5.10 Å². The van der Waals surface area contributed by atoms with Crippen LogP contribution in [0.15, 0.2) is 30.5 Å². The number of carbonyl (C=O) groups is 1. The molecule has 1 aromatic carbocycles. The molecule has 1 aromatic heterocycles. The van der Waals surface area contributed by atoms with Gasteiger partial charge in [-0.3, -0.25) is 4.68 Å². The summed E-state index contributed by atoms with van der Waals surface area (Å²) in [5.41, 5.74) is 2.74. The van der Waals surface area contributed by atoms with Crippen molar-refractivity contribution < 1.29 is 4.79 Å². The number of piperidine rings is 1. The van der Waals surface area contributed by atoms with E-state index in [0.29, 0.717) is 6.42 Å². The Morgan fingerprint density at radius 1 is 1.32 bits per heavy atom. The predicted octanol–water partition coefficient (Wildman–Crippen LogP) is 2.07. The smallest absolute Gasteiger partial charge is 0.130 e. The fraction of sp³-hybridized carbons (Fsp3) is 0.471. The molecule has 1 fully saturated rings. The number of hydrogen-bond acceptors (Lipinski definition) is 4. The highest BCUT2D eigenvalue weighted by molar-refractivity contribution is 5.69. The fourth-order valence-corrected chi connectivity index (χ4v) is 3.46. The van der Waals surface area contributed by atoms with E-state index < -0.39 is 5.41 Å². The van der Waals surface area contributed by atoms with Crippen molar-refractivity contribution in [1.29, 1.82) is 0 Å². The number of nitrogens with zero attached hydrogens (tertiary/aromatic N) is 3. The molecule has 0 saturated carbocycles. The topological polar surface area (TPSA) is 59.8 Å². The Labute approximate surface area is 130 Å². The van der Waals surface area contributed by atoms with Gasteiger partial charge in [-0.05, 0) is 32.3 Å². The van der Waals surface area contributed by atoms with E-state index in [9.17, 15) is 4.79 Å². The van der Waals surface area contributed by atoms with E-state index in [1.165, 1.54) is 5.56 Å². The number of hydrogen-bond donors (Lipinski definition) is 1. The lowest BCUT2D eigenvalue weighted by Crippen LogP contribution is -2.47. The molecule has 1 aliphatic heterocycles. The van der Waals surface area contributed by atoms with Crippen LogP contribution in [0.1, 0.15) is 42.6 Å². The molecule has 116 valence electrons. The molecule has 0 spiro atoms. The SMILES string of the molecule is Cc1ccc([C@@]2(C=O)C[C@@H](c3cn(C)nn3)N[C@@H](C)C2)cc1. The highest BCUT2D eigenvalue weighted by atomic mass is 16.1. The maximum absolute atomic E-state index is 12.0. The lowest BCUT2D eigenvalue weighted by molar-refractivity contribution is -0.114. The van der Waals surface area contributed by atoms with Gasteiger partial charge in [-0.25, -0.2) is 0 Å². The number of rotatable bonds is 3. The number of aromatic nitrogens is 3. The molecular weight excluding hydrogens is 276 g/mol. The van der Waals surface area contributed by atoms with Crippen LogP contribution in [0, 0.1) is 6.92 Å². The monoisotopic (exact) mass is 298 g/mol. The summed E-state index contributed by atoms with van der Waals surface area (Å²) >= 11 is 0. The molecule has 22 heavy (non-hydrogen) atoms. The fourth-order valence-electron chi connectivity index (χ4n) is 3.46. The highest BCUT2D eigenvalue weighted by Crippen LogP contribution is 2.40. The average Bonchev–Trinajstić information content (AvgIpc) is 2.94. The summed E-state index contributed by atoms with van der Waals surface area (Å²) in [5.74, 6) is 0. The minimum atomic E-state index is -0.458. The Balaban J connectivity index is 1.96. The Morgan fingerprint density at radius 2 is 2.05 bits per heavy atom. The van der Waals surface area contributed by atoms with Crippen molar-refractivity contribution in [3.05, 3.63) is 47.3 Å². The van der Waals surface area contributed by atoms with Crippen LogP contribution in [-0.2, 0) is 17.3 Å². The molecule has 2 aromatic rings. The zero-order valence-corrected chi connectivity index (χ0v) is 13.3. The molecule has 0 radical (unpaired) electrons. The van der Waals surface area contributed by atoms with Gasteiger partial charge in [-0.1, -0.05) is 35.0 Å². The first-order valence-corrected chi connectivity index (χ1v) is 7.68. The van der Waals surface area contributed by atoms with Gasteiger partial charge in [0, 0.05) is 19.3 Å². The van der Waals surface area contributed by atoms with Gasteiger partial charge in [0.05, 0.1) is 17.2 Å². The van der Waals surface area contributed by atoms with Crippen LogP contribution < -0.4 is 5.32 Å². The Hall–Kier alpha value is -2.01. The van der Waals surface area contributed by atoms with Crippen LogP contribution >= 0.6 is 0 Å². The molecule has 0 aliphatic carbocycles. The van der Waals surface area contributed by atoms with E-state index in [1.807, 2.05) is 13.2 Å². The summed E-state index contributed by atoms with van der Waals surface area (Å²) in [5, 5.41) is 11.8. The Morgan fingerprint density at radius 3 is 2.64 bits per heavy atom. The number of nitrogens with one attached hydrogen (secondary N) is 1. The van der Waals surface area contributed by atoms with Gasteiger partial charge in [0.1, 0.15) is 6.29 Å². The van der Waals surface area contributed by atoms with Gasteiger partial charge in [0.15, 0.2) is 0 Å². The van der Waals surface area contributed by atoms with Crippen LogP contribution in [0.3, 0.4) is 0 Å². The van der Waals surface area contributed by atoms with E-state index in [4.69, 9.17) is 0 Å². The maximum atomic E-state index is 12.0. The third kappa shape index (κ3) is 2.68. The lowest BCUT2D eigenvalue weighted by Gasteiger charge is -2.41. The predicted molar refractivity (Wildman–Crippen MR) is 84.5 cm³/mol. The largest absolute Gasteiger partial charge is 0.306 e. The maximum Gasteiger partial charge on any atom is 0.130 e. The molecule has 0 amide bonds. The summed E-state index contributed by atoms with van der Waals surface area (Å²) < 4.78 is 1.70. The average molecular weight is 298 g/mol. The minimum absolute atomic E-state index is 0.0453. The van der Waals surface area contributed by atoms with Gasteiger partial charge in [-0.2, -0.15) is 0 Å². The summed E-state index contributed by atoms with van der Waals surface area (Å²) in [6, 6.07) is 8.59. The van der Waals surface area contributed by atoms with Gasteiger partial charge in [0.25, 0.3) is 0 Å². The van der Waals surface area contributed by atoms with Crippen molar-refractivity contribution in [1.82, 2.24) is 20.3 Å². The molecule has 1 aliphatic rings. The third-order valence-electron chi connectivity index (χ3n) is 4.55. The molecular formula is C17H22N4O. The summed E-state index contributed by atoms with van der Waals surface area (Å²) in [7, 11) is 1.86. The van der Waals surface area contributed by atoms with Crippen LogP contribution in [0.4, 0.5) is 0 Å². The first-order chi connectivity index (χ1) is 10.5. The quantitative estimate of drug-likeness (QED) is 0.881. The van der Waals surface area contributed by atoms with Crippen molar-refractivity contribution in [3.8, 4) is 0 Å². The van der Waals surface area contributed by atoms with Crippen LogP contribution in [-0.4, -0.2) is 27.3 Å². The van der Waals surface area contributed by atoms with Crippen molar-refractivity contribution in [3.63, 3.8) is 0 Å². The number of benzene rings is 1. The van der Waals surface area contributed by atoms with Gasteiger partial charge in [0.2, 0.25) is 0 Å². The standard InChI is InChI=1S/C17H22N4O/c1-12-4-6-14(7-5-12)17(11-22)8-13(2)18-15(9-17)16-10-21(3)20-19-16/h4-7,10-11,13,15,18H,8-9H2,1-3H3/t13-,15-,17+/m0/s1. The second kappa shape index (κ2) is 5.65. The Bertz CT molecular complexity index is 664. The molecule has 2 heterocycles. The molecule has 5 heteroatoms. The van der Waals surface area contributed by atoms with Crippen molar-refractivity contribution in [2.24, 2.45) is 7.05 Å². The molecule has 1 saturated heterocycles. The Kier molecular flexibility index (Phi) is 3.83. The number of aryl methyl sites for hydroxylation is 2. The molecule has 1 N–H and O–H groups in total. The van der Waals surface area contributed by atoms with Crippen molar-refractivity contribution >= 4 is 6.29 Å². The zero-order chi connectivity index (χ0) is 15.7. The third-order valence-corrected chi connectivity index (χ3v) is 4.55. The first-order valence-electron chi connectivity index (χ1n) is 7.68. The lowest BCUT2D eigenvalue weighted by atomic mass is 9.69. The van der Waals surface area contributed by atoms with Crippen LogP contribution in [0.25, 0.3) is 0 Å². The van der Waals surface area contributed by atoms with E-state index in [-0.39, 0.29) is 12.1 Å². The summed E-state index contributed by atoms with van der Waals surface area (Å²) in [6.45, 7) is 4.18. The second-order valence-corrected chi connectivity index (χ2v) is 6.49. The molecule has 0 unspecified atom stereocenters. The summed E-state index contributed by atoms with van der Waals surface area (Å²) in [4.78, 5) is 12.0. The van der Waals surface area contributed by atoms with E-state index in [1.54, 1.807) is 4.68 Å². The highest BCUT2D eigenvalue weighted by Gasteiger charge is 2.41. The first kappa shape index (κ1) is 14.9. The van der Waals surface area contributed by atoms with Crippen LogP contribution in [0.2, 0.25) is 0 Å². The molecule has 0 bridgehead atoms. The second-order valence-electron chi connectivity index (χ2n) is 6.49. The van der Waals surface area contributed by atoms with E-state index in [2.05, 4.69) is 53.7 Å². The molecule has 3 rings (SSSR count). The van der Waals surface area contributed by atoms with Crippen molar-refractivity contribution in [2.75, 3.05) is 0 Å². The van der Waals surface area contributed by atoms with Gasteiger partial charge < -0.3 is 10.1 Å². The van der Waals surface area contributed by atoms with E-state index >= 15 is 0 Å². The number of carbonyl (C=O) groups excluding carboxylic acids is 1. The zero-order valence-electron chi connectivity index (χ0n) is 13.3. The number of aldehydes is 1. The van der Waals surface area contributed by atoms with Crippen molar-refractivity contribution in [2.45, 2.75) is 44.2 Å². The summed E-state index contributed by atoms with van der Waals surface area (Å²) in [6.07, 6.45) is 4.55. The van der Waals surface area contributed by atoms with Gasteiger partial charge >= 0.3 is 0 Å². The normalized spacial score (nSPS) is 28.5. The minimum Gasteiger partial charge on any atom is -0.306 e. The van der Waals surface area contributed by atoms with Crippen LogP contribution in [0.5, 0.6) is 0 Å². The molecule has 5 nitrogen and oxygen atoms in total. The van der Waals surface area contributed by atoms with E-state index in [0.717, 1.165) is 24.0 Å².